The van der Waals surface area contributed by atoms with E-state index >= 15 is 0 Å². The number of imidazole rings is 1. The minimum atomic E-state index is -0.301. The number of ether oxygens (including phenoxy) is 1. The van der Waals surface area contributed by atoms with Crippen LogP contribution in [0.3, 0.4) is 0 Å². The van der Waals surface area contributed by atoms with Gasteiger partial charge in [-0.2, -0.15) is 0 Å². The molecule has 1 atom stereocenters. The second-order valence-electron chi connectivity index (χ2n) is 4.49. The first-order valence-electron chi connectivity index (χ1n) is 6.23. The Kier molecular flexibility index (Phi) is 4.16. The molecule has 2 aromatic rings. The fourth-order valence-electron chi connectivity index (χ4n) is 1.90. The van der Waals surface area contributed by atoms with Gasteiger partial charge in [0.2, 0.25) is 0 Å². The van der Waals surface area contributed by atoms with Crippen molar-refractivity contribution in [2.24, 2.45) is 5.73 Å². The minimum Gasteiger partial charge on any atom is -0.491 e. The molecule has 0 amide bonds. The molecule has 0 aliphatic rings. The molecule has 1 heterocycles. The van der Waals surface area contributed by atoms with Crippen LogP contribution in [-0.4, -0.2) is 16.2 Å². The molecule has 0 aliphatic carbocycles. The number of benzene rings is 1. The first-order chi connectivity index (χ1) is 9.08. The van der Waals surface area contributed by atoms with Gasteiger partial charge in [0, 0.05) is 24.0 Å². The van der Waals surface area contributed by atoms with Crippen molar-refractivity contribution in [2.75, 3.05) is 6.61 Å². The standard InChI is InChI=1S/C14H18FN3O/c1-10(16)13-9-12(15)3-4-14(13)19-8-7-18-6-5-17-11(18)2/h3-6,9-10H,7-8,16H2,1-2H3. The van der Waals surface area contributed by atoms with E-state index in [1.54, 1.807) is 12.3 Å². The zero-order chi connectivity index (χ0) is 13.8. The van der Waals surface area contributed by atoms with Crippen LogP contribution in [0.15, 0.2) is 30.6 Å². The molecule has 0 saturated carbocycles. The normalized spacial score (nSPS) is 12.4. The van der Waals surface area contributed by atoms with Gasteiger partial charge in [-0.15, -0.1) is 0 Å². The highest BCUT2D eigenvalue weighted by Gasteiger charge is 2.09. The fourth-order valence-corrected chi connectivity index (χ4v) is 1.90. The first-order valence-corrected chi connectivity index (χ1v) is 6.23. The highest BCUT2D eigenvalue weighted by atomic mass is 19.1. The van der Waals surface area contributed by atoms with Crippen LogP contribution in [0.25, 0.3) is 0 Å². The molecule has 0 aliphatic heterocycles. The van der Waals surface area contributed by atoms with Crippen molar-refractivity contribution >= 4 is 0 Å². The third-order valence-corrected chi connectivity index (χ3v) is 2.98. The maximum atomic E-state index is 13.2. The van der Waals surface area contributed by atoms with E-state index in [0.717, 1.165) is 5.82 Å². The Morgan fingerprint density at radius 1 is 1.47 bits per heavy atom. The lowest BCUT2D eigenvalue weighted by molar-refractivity contribution is 0.292. The number of hydrogen-bond acceptors (Lipinski definition) is 3. The van der Waals surface area contributed by atoms with Crippen LogP contribution < -0.4 is 10.5 Å². The Morgan fingerprint density at radius 3 is 2.89 bits per heavy atom. The van der Waals surface area contributed by atoms with E-state index in [0.29, 0.717) is 24.5 Å². The zero-order valence-corrected chi connectivity index (χ0v) is 11.1. The molecule has 4 nitrogen and oxygen atoms in total. The van der Waals surface area contributed by atoms with Crippen molar-refractivity contribution < 1.29 is 9.13 Å². The van der Waals surface area contributed by atoms with E-state index in [9.17, 15) is 4.39 Å². The molecule has 0 fully saturated rings. The van der Waals surface area contributed by atoms with Gasteiger partial charge < -0.3 is 15.0 Å². The van der Waals surface area contributed by atoms with Gasteiger partial charge >= 0.3 is 0 Å². The van der Waals surface area contributed by atoms with E-state index in [-0.39, 0.29) is 11.9 Å². The van der Waals surface area contributed by atoms with Crippen LogP contribution in [0.5, 0.6) is 5.75 Å². The Balaban J connectivity index is 2.01. The highest BCUT2D eigenvalue weighted by Crippen LogP contribution is 2.24. The van der Waals surface area contributed by atoms with E-state index in [1.807, 2.05) is 24.6 Å². The summed E-state index contributed by atoms with van der Waals surface area (Å²) in [5, 5.41) is 0. The summed E-state index contributed by atoms with van der Waals surface area (Å²) in [5.41, 5.74) is 6.49. The molecule has 0 radical (unpaired) electrons. The van der Waals surface area contributed by atoms with Crippen LogP contribution in [0.4, 0.5) is 4.39 Å². The second-order valence-corrected chi connectivity index (χ2v) is 4.49. The predicted molar refractivity (Wildman–Crippen MR) is 71.5 cm³/mol. The van der Waals surface area contributed by atoms with Gasteiger partial charge in [0.1, 0.15) is 24.0 Å². The van der Waals surface area contributed by atoms with Gasteiger partial charge in [-0.3, -0.25) is 0 Å². The summed E-state index contributed by atoms with van der Waals surface area (Å²) in [6.07, 6.45) is 3.65. The molecule has 2 rings (SSSR count). The van der Waals surface area contributed by atoms with Gasteiger partial charge in [-0.25, -0.2) is 9.37 Å². The smallest absolute Gasteiger partial charge is 0.124 e. The maximum Gasteiger partial charge on any atom is 0.124 e. The Labute approximate surface area is 112 Å². The molecule has 0 saturated heterocycles. The predicted octanol–water partition coefficient (Wildman–Crippen LogP) is 2.43. The molecule has 0 bridgehead atoms. The average molecular weight is 263 g/mol. The fraction of sp³-hybridized carbons (Fsp3) is 0.357. The van der Waals surface area contributed by atoms with Crippen molar-refractivity contribution in [1.29, 1.82) is 0 Å². The van der Waals surface area contributed by atoms with Gasteiger partial charge in [0.15, 0.2) is 0 Å². The largest absolute Gasteiger partial charge is 0.491 e. The highest BCUT2D eigenvalue weighted by molar-refractivity contribution is 5.36. The number of nitrogens with two attached hydrogens (primary N) is 1. The summed E-state index contributed by atoms with van der Waals surface area (Å²) >= 11 is 0. The number of aromatic nitrogens is 2. The summed E-state index contributed by atoms with van der Waals surface area (Å²) in [6, 6.07) is 4.15. The minimum absolute atomic E-state index is 0.263. The summed E-state index contributed by atoms with van der Waals surface area (Å²) in [4.78, 5) is 4.14. The van der Waals surface area contributed by atoms with Gasteiger partial charge in [0.05, 0.1) is 6.54 Å². The first kappa shape index (κ1) is 13.5. The molecule has 19 heavy (non-hydrogen) atoms. The SMILES string of the molecule is Cc1nccn1CCOc1ccc(F)cc1C(C)N. The Hall–Kier alpha value is -1.88. The van der Waals surface area contributed by atoms with Crippen molar-refractivity contribution in [2.45, 2.75) is 26.4 Å². The van der Waals surface area contributed by atoms with Crippen molar-refractivity contribution in [1.82, 2.24) is 9.55 Å². The quantitative estimate of drug-likeness (QED) is 0.901. The van der Waals surface area contributed by atoms with Crippen LogP contribution >= 0.6 is 0 Å². The Morgan fingerprint density at radius 2 is 2.26 bits per heavy atom. The van der Waals surface area contributed by atoms with E-state index in [4.69, 9.17) is 10.5 Å². The van der Waals surface area contributed by atoms with Crippen molar-refractivity contribution in [3.05, 3.63) is 47.8 Å². The van der Waals surface area contributed by atoms with Crippen molar-refractivity contribution in [3.63, 3.8) is 0 Å². The molecule has 5 heteroatoms. The number of aryl methyl sites for hydroxylation is 1. The Bertz CT molecular complexity index is 551. The van der Waals surface area contributed by atoms with E-state index in [1.165, 1.54) is 12.1 Å². The third-order valence-electron chi connectivity index (χ3n) is 2.98. The molecule has 1 unspecified atom stereocenters. The third kappa shape index (κ3) is 3.32. The molecule has 0 spiro atoms. The van der Waals surface area contributed by atoms with E-state index < -0.39 is 0 Å². The van der Waals surface area contributed by atoms with Crippen LogP contribution in [-0.2, 0) is 6.54 Å². The summed E-state index contributed by atoms with van der Waals surface area (Å²) in [6.45, 7) is 4.93. The summed E-state index contributed by atoms with van der Waals surface area (Å²) in [7, 11) is 0. The molecule has 1 aromatic heterocycles. The van der Waals surface area contributed by atoms with Gasteiger partial charge in [-0.05, 0) is 32.0 Å². The molecular weight excluding hydrogens is 245 g/mol. The molecule has 2 N–H and O–H groups in total. The number of rotatable bonds is 5. The molecule has 102 valence electrons. The van der Waals surface area contributed by atoms with Gasteiger partial charge in [-0.1, -0.05) is 0 Å². The topological polar surface area (TPSA) is 53.1 Å². The zero-order valence-electron chi connectivity index (χ0n) is 11.1. The lowest BCUT2D eigenvalue weighted by Crippen LogP contribution is -2.12. The number of hydrogen-bond donors (Lipinski definition) is 1. The second kappa shape index (κ2) is 5.84. The van der Waals surface area contributed by atoms with Crippen LogP contribution in [0, 0.1) is 12.7 Å². The maximum absolute atomic E-state index is 13.2. The number of halogens is 1. The van der Waals surface area contributed by atoms with Crippen molar-refractivity contribution in [3.8, 4) is 5.75 Å². The lowest BCUT2D eigenvalue weighted by atomic mass is 10.1. The summed E-state index contributed by atoms with van der Waals surface area (Å²) in [5.74, 6) is 1.27. The van der Waals surface area contributed by atoms with Crippen LogP contribution in [0.2, 0.25) is 0 Å². The monoisotopic (exact) mass is 263 g/mol. The molecular formula is C14H18FN3O. The lowest BCUT2D eigenvalue weighted by Gasteiger charge is -2.14. The number of nitrogens with zero attached hydrogens (tertiary/aromatic N) is 2. The van der Waals surface area contributed by atoms with Gasteiger partial charge in [0.25, 0.3) is 0 Å². The average Bonchev–Trinajstić information content (AvgIpc) is 2.77. The molecule has 1 aromatic carbocycles. The van der Waals surface area contributed by atoms with Crippen LogP contribution in [0.1, 0.15) is 24.4 Å². The summed E-state index contributed by atoms with van der Waals surface area (Å²) < 4.78 is 20.9. The van der Waals surface area contributed by atoms with E-state index in [2.05, 4.69) is 4.98 Å².